The molecule has 21 heavy (non-hydrogen) atoms. The number of rotatable bonds is 5. The van der Waals surface area contributed by atoms with Crippen molar-refractivity contribution in [3.8, 4) is 0 Å². The van der Waals surface area contributed by atoms with Gasteiger partial charge in [-0.25, -0.2) is 4.98 Å². The number of fused-ring (bicyclic) bond motifs is 1. The van der Waals surface area contributed by atoms with Crippen LogP contribution in [0, 0.1) is 0 Å². The third-order valence-electron chi connectivity index (χ3n) is 3.55. The molecule has 1 aliphatic rings. The van der Waals surface area contributed by atoms with E-state index in [1.165, 1.54) is 0 Å². The molecule has 0 spiro atoms. The van der Waals surface area contributed by atoms with Gasteiger partial charge in [-0.1, -0.05) is 6.92 Å². The highest BCUT2D eigenvalue weighted by atomic mass is 32.2. The van der Waals surface area contributed by atoms with E-state index in [2.05, 4.69) is 37.5 Å². The Labute approximate surface area is 125 Å². The molecule has 3 N–H and O–H groups in total. The first kappa shape index (κ1) is 14.2. The molecule has 0 radical (unpaired) electrons. The Kier molecular flexibility index (Phi) is 4.33. The van der Waals surface area contributed by atoms with Crippen molar-refractivity contribution in [2.24, 2.45) is 0 Å². The molecular formula is C13H20N6OS. The second-order valence-electron chi connectivity index (χ2n) is 5.19. The summed E-state index contributed by atoms with van der Waals surface area (Å²) in [6, 6.07) is 0.308. The van der Waals surface area contributed by atoms with Crippen LogP contribution in [0.4, 0.5) is 11.8 Å². The average Bonchev–Trinajstić information content (AvgIpc) is 2.96. The topological polar surface area (TPSA) is 95.6 Å². The molecule has 3 rings (SSSR count). The van der Waals surface area contributed by atoms with E-state index in [0.29, 0.717) is 17.6 Å². The predicted molar refractivity (Wildman–Crippen MR) is 85.0 cm³/mol. The largest absolute Gasteiger partial charge is 0.365 e. The fourth-order valence-corrected chi connectivity index (χ4v) is 3.68. The minimum absolute atomic E-state index is 0.308. The molecule has 0 aliphatic carbocycles. The van der Waals surface area contributed by atoms with E-state index in [0.717, 1.165) is 48.6 Å². The first-order chi connectivity index (χ1) is 10.3. The van der Waals surface area contributed by atoms with Gasteiger partial charge in [0.15, 0.2) is 11.5 Å². The van der Waals surface area contributed by atoms with Crippen molar-refractivity contribution in [2.75, 3.05) is 28.7 Å². The third kappa shape index (κ3) is 3.31. The lowest BCUT2D eigenvalue weighted by Gasteiger charge is -2.23. The van der Waals surface area contributed by atoms with Crippen LogP contribution >= 0.6 is 0 Å². The van der Waals surface area contributed by atoms with E-state index in [9.17, 15) is 4.21 Å². The smallest absolute Gasteiger partial charge is 0.226 e. The van der Waals surface area contributed by atoms with Gasteiger partial charge in [0, 0.05) is 34.9 Å². The van der Waals surface area contributed by atoms with Crippen molar-refractivity contribution in [1.29, 1.82) is 0 Å². The molecule has 7 nitrogen and oxygen atoms in total. The fraction of sp³-hybridized carbons (Fsp3) is 0.615. The Morgan fingerprint density at radius 3 is 2.95 bits per heavy atom. The van der Waals surface area contributed by atoms with E-state index in [1.54, 1.807) is 6.33 Å². The van der Waals surface area contributed by atoms with Crippen LogP contribution in [-0.4, -0.2) is 48.2 Å². The van der Waals surface area contributed by atoms with Gasteiger partial charge in [0.2, 0.25) is 5.95 Å². The minimum atomic E-state index is -0.652. The van der Waals surface area contributed by atoms with Gasteiger partial charge in [-0.15, -0.1) is 0 Å². The summed E-state index contributed by atoms with van der Waals surface area (Å²) in [6.45, 7) is 2.93. The highest BCUT2D eigenvalue weighted by Gasteiger charge is 2.20. The molecule has 1 saturated heterocycles. The second-order valence-corrected chi connectivity index (χ2v) is 6.89. The lowest BCUT2D eigenvalue weighted by atomic mass is 10.1. The summed E-state index contributed by atoms with van der Waals surface area (Å²) < 4.78 is 11.4. The van der Waals surface area contributed by atoms with Gasteiger partial charge >= 0.3 is 0 Å². The minimum Gasteiger partial charge on any atom is -0.365 e. The highest BCUT2D eigenvalue weighted by molar-refractivity contribution is 7.85. The van der Waals surface area contributed by atoms with Crippen LogP contribution in [0.2, 0.25) is 0 Å². The standard InChI is InChI=1S/C13H20N6OS/c1-2-5-14-13-18-11-10(15-8-16-11)12(19-13)17-9-3-6-21(20)7-4-9/h8-9H,2-7H2,1H3,(H3,14,15,16,17,18,19). The number of H-pyrrole nitrogens is 1. The van der Waals surface area contributed by atoms with E-state index in [4.69, 9.17) is 0 Å². The van der Waals surface area contributed by atoms with Crippen LogP contribution in [0.3, 0.4) is 0 Å². The van der Waals surface area contributed by atoms with E-state index in [1.807, 2.05) is 0 Å². The summed E-state index contributed by atoms with van der Waals surface area (Å²) in [5, 5.41) is 6.65. The molecule has 2 aromatic rings. The molecule has 0 amide bonds. The number of hydrogen-bond donors (Lipinski definition) is 3. The Morgan fingerprint density at radius 1 is 1.38 bits per heavy atom. The third-order valence-corrected chi connectivity index (χ3v) is 4.93. The van der Waals surface area contributed by atoms with Crippen molar-refractivity contribution in [3.63, 3.8) is 0 Å². The molecular weight excluding hydrogens is 288 g/mol. The summed E-state index contributed by atoms with van der Waals surface area (Å²) >= 11 is 0. The lowest BCUT2D eigenvalue weighted by molar-refractivity contribution is 0.623. The highest BCUT2D eigenvalue weighted by Crippen LogP contribution is 2.22. The molecule has 114 valence electrons. The monoisotopic (exact) mass is 308 g/mol. The van der Waals surface area contributed by atoms with Crippen molar-refractivity contribution in [2.45, 2.75) is 32.2 Å². The van der Waals surface area contributed by atoms with Crippen LogP contribution in [-0.2, 0) is 10.8 Å². The molecule has 0 atom stereocenters. The maximum absolute atomic E-state index is 11.4. The molecule has 8 heteroatoms. The van der Waals surface area contributed by atoms with E-state index < -0.39 is 10.8 Å². The summed E-state index contributed by atoms with van der Waals surface area (Å²) in [5.41, 5.74) is 1.48. The number of aromatic amines is 1. The molecule has 1 aliphatic heterocycles. The summed E-state index contributed by atoms with van der Waals surface area (Å²) in [4.78, 5) is 16.2. The van der Waals surface area contributed by atoms with Gasteiger partial charge in [0.05, 0.1) is 6.33 Å². The Bertz CT molecular complexity index is 633. The van der Waals surface area contributed by atoms with Crippen molar-refractivity contribution < 1.29 is 4.21 Å². The lowest BCUT2D eigenvalue weighted by Crippen LogP contribution is -2.30. The van der Waals surface area contributed by atoms with Crippen LogP contribution in [0.15, 0.2) is 6.33 Å². The summed E-state index contributed by atoms with van der Waals surface area (Å²) in [5.74, 6) is 2.89. The van der Waals surface area contributed by atoms with E-state index >= 15 is 0 Å². The Balaban J connectivity index is 1.82. The normalized spacial score (nSPS) is 22.3. The zero-order valence-corrected chi connectivity index (χ0v) is 12.9. The number of imidazole rings is 1. The Hall–Kier alpha value is -1.70. The zero-order chi connectivity index (χ0) is 14.7. The van der Waals surface area contributed by atoms with Gasteiger partial charge in [-0.2, -0.15) is 9.97 Å². The van der Waals surface area contributed by atoms with Crippen LogP contribution in [0.5, 0.6) is 0 Å². The SMILES string of the molecule is CCCNc1nc(NC2CCS(=O)CC2)c2[nH]cnc2n1. The van der Waals surface area contributed by atoms with Crippen molar-refractivity contribution in [1.82, 2.24) is 19.9 Å². The van der Waals surface area contributed by atoms with Gasteiger partial charge in [0.1, 0.15) is 5.52 Å². The first-order valence-corrected chi connectivity index (χ1v) is 8.81. The zero-order valence-electron chi connectivity index (χ0n) is 12.1. The van der Waals surface area contributed by atoms with Crippen LogP contribution in [0.1, 0.15) is 26.2 Å². The number of nitrogens with zero attached hydrogens (tertiary/aromatic N) is 3. The maximum Gasteiger partial charge on any atom is 0.226 e. The summed E-state index contributed by atoms with van der Waals surface area (Å²) in [7, 11) is -0.652. The number of hydrogen-bond acceptors (Lipinski definition) is 6. The molecule has 0 unspecified atom stereocenters. The molecule has 0 bridgehead atoms. The maximum atomic E-state index is 11.4. The summed E-state index contributed by atoms with van der Waals surface area (Å²) in [6.07, 6.45) is 4.46. The number of anilines is 2. The van der Waals surface area contributed by atoms with Gasteiger partial charge in [0.25, 0.3) is 0 Å². The fourth-order valence-electron chi connectivity index (χ4n) is 2.39. The van der Waals surface area contributed by atoms with Crippen LogP contribution < -0.4 is 10.6 Å². The molecule has 3 heterocycles. The van der Waals surface area contributed by atoms with Gasteiger partial charge in [-0.3, -0.25) is 4.21 Å². The number of nitrogens with one attached hydrogen (secondary N) is 3. The quantitative estimate of drug-likeness (QED) is 0.774. The second kappa shape index (κ2) is 6.38. The number of aromatic nitrogens is 4. The first-order valence-electron chi connectivity index (χ1n) is 7.32. The molecule has 0 aromatic carbocycles. The predicted octanol–water partition coefficient (Wildman–Crippen LogP) is 1.50. The van der Waals surface area contributed by atoms with E-state index in [-0.39, 0.29) is 0 Å². The van der Waals surface area contributed by atoms with Crippen molar-refractivity contribution >= 4 is 33.7 Å². The molecule has 1 fully saturated rings. The Morgan fingerprint density at radius 2 is 2.19 bits per heavy atom. The van der Waals surface area contributed by atoms with Gasteiger partial charge < -0.3 is 15.6 Å². The van der Waals surface area contributed by atoms with Crippen molar-refractivity contribution in [3.05, 3.63) is 6.33 Å². The average molecular weight is 308 g/mol. The van der Waals surface area contributed by atoms with Gasteiger partial charge in [-0.05, 0) is 19.3 Å². The van der Waals surface area contributed by atoms with Crippen LogP contribution in [0.25, 0.3) is 11.2 Å². The molecule has 0 saturated carbocycles. The molecule has 2 aromatic heterocycles.